The number of rotatable bonds is 8. The maximum atomic E-state index is 11.7. The zero-order chi connectivity index (χ0) is 15.1. The van der Waals surface area contributed by atoms with Crippen LogP contribution >= 0.6 is 8.58 Å². The van der Waals surface area contributed by atoms with Crippen LogP contribution in [0.25, 0.3) is 0 Å². The van der Waals surface area contributed by atoms with Gasteiger partial charge in [-0.3, -0.25) is 14.4 Å². The van der Waals surface area contributed by atoms with E-state index < -0.39 is 23.6 Å². The second-order valence-corrected chi connectivity index (χ2v) is 5.70. The molecule has 8 heteroatoms. The number of carboxylic acids is 1. The van der Waals surface area contributed by atoms with E-state index in [2.05, 4.69) is 10.6 Å². The Morgan fingerprint density at radius 3 is 2.47 bits per heavy atom. The van der Waals surface area contributed by atoms with Gasteiger partial charge in [0.05, 0.1) is 0 Å². The van der Waals surface area contributed by atoms with Gasteiger partial charge in [-0.15, -0.1) is 8.58 Å². The Morgan fingerprint density at radius 2 is 2.00 bits per heavy atom. The molecule has 0 rings (SSSR count). The molecule has 0 bridgehead atoms. The SMILES string of the molecule is CPCCCC(=O)N[C@](C)(N)C(=O)N[C@@H](C)C(=O)O. The van der Waals surface area contributed by atoms with Crippen molar-refractivity contribution >= 4 is 26.4 Å². The Balaban J connectivity index is 4.32. The fourth-order valence-electron chi connectivity index (χ4n) is 1.24. The van der Waals surface area contributed by atoms with Crippen LogP contribution in [0.15, 0.2) is 0 Å². The van der Waals surface area contributed by atoms with Crippen molar-refractivity contribution in [3.05, 3.63) is 0 Å². The van der Waals surface area contributed by atoms with Crippen LogP contribution in [-0.4, -0.2) is 47.4 Å². The molecule has 0 spiro atoms. The third-order valence-electron chi connectivity index (χ3n) is 2.42. The molecule has 7 nitrogen and oxygen atoms in total. The van der Waals surface area contributed by atoms with Crippen LogP contribution in [0.1, 0.15) is 26.7 Å². The number of amides is 2. The molecule has 1 unspecified atom stereocenters. The molecule has 5 N–H and O–H groups in total. The van der Waals surface area contributed by atoms with Gasteiger partial charge in [-0.1, -0.05) is 0 Å². The predicted molar refractivity (Wildman–Crippen MR) is 74.3 cm³/mol. The lowest BCUT2D eigenvalue weighted by Gasteiger charge is -2.26. The average Bonchev–Trinajstić information content (AvgIpc) is 2.28. The first-order valence-electron chi connectivity index (χ1n) is 5.99. The third-order valence-corrected chi connectivity index (χ3v) is 3.27. The number of aliphatic carboxylic acids is 1. The van der Waals surface area contributed by atoms with Crippen molar-refractivity contribution in [1.82, 2.24) is 10.6 Å². The van der Waals surface area contributed by atoms with Gasteiger partial charge in [0, 0.05) is 6.42 Å². The number of hydrogen-bond donors (Lipinski definition) is 4. The van der Waals surface area contributed by atoms with Gasteiger partial charge in [0.15, 0.2) is 5.66 Å². The van der Waals surface area contributed by atoms with Gasteiger partial charge in [0.25, 0.3) is 5.91 Å². The van der Waals surface area contributed by atoms with Crippen LogP contribution in [0.3, 0.4) is 0 Å². The molecule has 0 aliphatic carbocycles. The van der Waals surface area contributed by atoms with Crippen molar-refractivity contribution in [2.45, 2.75) is 38.4 Å². The number of nitrogens with two attached hydrogens (primary N) is 1. The van der Waals surface area contributed by atoms with Gasteiger partial charge in [-0.05, 0) is 33.1 Å². The maximum absolute atomic E-state index is 11.7. The summed E-state index contributed by atoms with van der Waals surface area (Å²) in [6.07, 6.45) is 2.00. The minimum absolute atomic E-state index is 0.301. The summed E-state index contributed by atoms with van der Waals surface area (Å²) in [7, 11) is 0.779. The highest BCUT2D eigenvalue weighted by Gasteiger charge is 2.31. The van der Waals surface area contributed by atoms with Gasteiger partial charge in [0.2, 0.25) is 5.91 Å². The molecule has 0 fully saturated rings. The number of hydrogen-bond acceptors (Lipinski definition) is 4. The highest BCUT2D eigenvalue weighted by molar-refractivity contribution is 7.36. The van der Waals surface area contributed by atoms with Gasteiger partial charge in [0.1, 0.15) is 6.04 Å². The summed E-state index contributed by atoms with van der Waals surface area (Å²) >= 11 is 0. The summed E-state index contributed by atoms with van der Waals surface area (Å²) in [6, 6.07) is -1.06. The van der Waals surface area contributed by atoms with Crippen LogP contribution in [0, 0.1) is 0 Å². The van der Waals surface area contributed by atoms with E-state index in [-0.39, 0.29) is 5.91 Å². The Labute approximate surface area is 114 Å². The highest BCUT2D eigenvalue weighted by atomic mass is 31.1. The minimum Gasteiger partial charge on any atom is -0.480 e. The molecule has 2 amide bonds. The van der Waals surface area contributed by atoms with E-state index in [1.807, 2.05) is 6.66 Å². The lowest BCUT2D eigenvalue weighted by molar-refractivity contribution is -0.142. The van der Waals surface area contributed by atoms with Crippen LogP contribution in [-0.2, 0) is 14.4 Å². The molecule has 110 valence electrons. The van der Waals surface area contributed by atoms with E-state index in [0.717, 1.165) is 21.2 Å². The van der Waals surface area contributed by atoms with Crippen LogP contribution < -0.4 is 16.4 Å². The quantitative estimate of drug-likeness (QED) is 0.272. The minimum atomic E-state index is -1.62. The predicted octanol–water partition coefficient (Wildman–Crippen LogP) is -0.545. The zero-order valence-corrected chi connectivity index (χ0v) is 12.4. The van der Waals surface area contributed by atoms with Crippen molar-refractivity contribution in [3.63, 3.8) is 0 Å². The Morgan fingerprint density at radius 1 is 1.42 bits per heavy atom. The van der Waals surface area contributed by atoms with E-state index >= 15 is 0 Å². The largest absolute Gasteiger partial charge is 0.480 e. The molecule has 0 heterocycles. The Bertz CT molecular complexity index is 347. The molecule has 0 aromatic carbocycles. The van der Waals surface area contributed by atoms with Crippen molar-refractivity contribution in [2.75, 3.05) is 12.8 Å². The van der Waals surface area contributed by atoms with E-state index in [4.69, 9.17) is 10.8 Å². The molecule has 0 saturated heterocycles. The van der Waals surface area contributed by atoms with Crippen molar-refractivity contribution in [2.24, 2.45) is 5.73 Å². The Kier molecular flexibility index (Phi) is 7.56. The summed E-state index contributed by atoms with van der Waals surface area (Å²) in [5, 5.41) is 13.3. The molecule has 0 saturated carbocycles. The van der Waals surface area contributed by atoms with Gasteiger partial charge in [-0.25, -0.2) is 0 Å². The summed E-state index contributed by atoms with van der Waals surface area (Å²) < 4.78 is 0. The maximum Gasteiger partial charge on any atom is 0.325 e. The average molecular weight is 291 g/mol. The summed E-state index contributed by atoms with van der Waals surface area (Å²) in [4.78, 5) is 33.9. The summed E-state index contributed by atoms with van der Waals surface area (Å²) in [6.45, 7) is 4.70. The standard InChI is InChI=1S/C11H22N3O4P/c1-7(9(16)17)13-10(18)11(2,12)14-8(15)5-4-6-19-3/h7,19H,4-6,12H2,1-3H3,(H,13,18)(H,14,15)(H,16,17)/t7-,11-/m0/s1. The Hall–Kier alpha value is -1.20. The van der Waals surface area contributed by atoms with Crippen molar-refractivity contribution < 1.29 is 19.5 Å². The molecule has 3 atom stereocenters. The summed E-state index contributed by atoms with van der Waals surface area (Å²) in [5.41, 5.74) is 4.06. The number of carboxylic acid groups (broad SMARTS) is 1. The first kappa shape index (κ1) is 17.8. The van der Waals surface area contributed by atoms with E-state index in [1.54, 1.807) is 0 Å². The topological polar surface area (TPSA) is 122 Å². The number of carbonyl (C=O) groups excluding carboxylic acids is 2. The molecule has 0 aliphatic rings. The molecule has 19 heavy (non-hydrogen) atoms. The van der Waals surface area contributed by atoms with E-state index in [0.29, 0.717) is 6.42 Å². The lowest BCUT2D eigenvalue weighted by atomic mass is 10.1. The van der Waals surface area contributed by atoms with E-state index in [1.165, 1.54) is 13.8 Å². The van der Waals surface area contributed by atoms with Gasteiger partial charge >= 0.3 is 5.97 Å². The first-order chi connectivity index (χ1) is 8.70. The zero-order valence-electron chi connectivity index (χ0n) is 11.4. The fraction of sp³-hybridized carbons (Fsp3) is 0.727. The van der Waals surface area contributed by atoms with Crippen LogP contribution in [0.4, 0.5) is 0 Å². The number of nitrogens with one attached hydrogen (secondary N) is 2. The van der Waals surface area contributed by atoms with Crippen LogP contribution in [0.5, 0.6) is 0 Å². The summed E-state index contributed by atoms with van der Waals surface area (Å²) in [5.74, 6) is -2.21. The molecule has 0 aromatic rings. The first-order valence-corrected chi connectivity index (χ1v) is 7.69. The molecular weight excluding hydrogens is 269 g/mol. The molecule has 0 aliphatic heterocycles. The van der Waals surface area contributed by atoms with E-state index in [9.17, 15) is 14.4 Å². The smallest absolute Gasteiger partial charge is 0.325 e. The molecule has 0 aromatic heterocycles. The van der Waals surface area contributed by atoms with Crippen molar-refractivity contribution in [3.8, 4) is 0 Å². The molecule has 0 radical (unpaired) electrons. The third kappa shape index (κ3) is 7.08. The lowest BCUT2D eigenvalue weighted by Crippen LogP contribution is -2.64. The second-order valence-electron chi connectivity index (χ2n) is 4.49. The van der Waals surface area contributed by atoms with Gasteiger partial charge < -0.3 is 21.5 Å². The normalized spacial score (nSPS) is 15.8. The monoisotopic (exact) mass is 291 g/mol. The molecular formula is C11H22N3O4P. The second kappa shape index (κ2) is 8.07. The van der Waals surface area contributed by atoms with Crippen molar-refractivity contribution in [1.29, 1.82) is 0 Å². The number of carbonyl (C=O) groups is 3. The van der Waals surface area contributed by atoms with Gasteiger partial charge in [-0.2, -0.15) is 0 Å². The highest BCUT2D eigenvalue weighted by Crippen LogP contribution is 2.06. The van der Waals surface area contributed by atoms with Crippen LogP contribution in [0.2, 0.25) is 0 Å². The fourth-order valence-corrected chi connectivity index (χ4v) is 1.77.